The lowest BCUT2D eigenvalue weighted by atomic mass is 9.84. The third-order valence-corrected chi connectivity index (χ3v) is 4.00. The largest absolute Gasteiger partial charge is 0.573 e. The first-order valence-electron chi connectivity index (χ1n) is 7.28. The number of hydrogen-bond acceptors (Lipinski definition) is 3. The minimum Gasteiger partial charge on any atom is -0.403 e. The molecule has 22 heavy (non-hydrogen) atoms. The maximum atomic E-state index is 12.5. The Hall–Kier alpha value is -1.82. The van der Waals surface area contributed by atoms with Gasteiger partial charge >= 0.3 is 6.36 Å². The molecular formula is C16H17F3N2O. The third-order valence-electron chi connectivity index (χ3n) is 4.00. The van der Waals surface area contributed by atoms with Crippen LogP contribution in [0.5, 0.6) is 5.75 Å². The number of benzene rings is 1. The molecule has 1 aromatic heterocycles. The minimum atomic E-state index is -4.72. The van der Waals surface area contributed by atoms with Crippen LogP contribution in [-0.2, 0) is 0 Å². The van der Waals surface area contributed by atoms with E-state index in [4.69, 9.17) is 0 Å². The molecule has 1 aromatic carbocycles. The van der Waals surface area contributed by atoms with Crippen LogP contribution in [0.4, 0.5) is 13.2 Å². The van der Waals surface area contributed by atoms with Crippen LogP contribution in [0, 0.1) is 5.92 Å². The average molecular weight is 310 g/mol. The molecule has 0 radical (unpaired) electrons. The smallest absolute Gasteiger partial charge is 0.403 e. The molecule has 0 bridgehead atoms. The van der Waals surface area contributed by atoms with E-state index in [-0.39, 0.29) is 17.2 Å². The summed E-state index contributed by atoms with van der Waals surface area (Å²) < 4.78 is 41.6. The van der Waals surface area contributed by atoms with Crippen molar-refractivity contribution in [1.82, 2.24) is 10.3 Å². The maximum absolute atomic E-state index is 12.5. The molecule has 1 unspecified atom stereocenters. The predicted octanol–water partition coefficient (Wildman–Crippen LogP) is 3.85. The van der Waals surface area contributed by atoms with Crippen molar-refractivity contribution in [2.45, 2.75) is 25.6 Å². The number of nitrogens with zero attached hydrogens (tertiary/aromatic N) is 1. The molecule has 0 amide bonds. The third kappa shape index (κ3) is 3.16. The first-order chi connectivity index (χ1) is 10.4. The van der Waals surface area contributed by atoms with Gasteiger partial charge in [-0.1, -0.05) is 19.1 Å². The summed E-state index contributed by atoms with van der Waals surface area (Å²) >= 11 is 0. The zero-order valence-corrected chi connectivity index (χ0v) is 12.2. The quantitative estimate of drug-likeness (QED) is 0.915. The van der Waals surface area contributed by atoms with Crippen LogP contribution >= 0.6 is 0 Å². The number of ether oxygens (including phenoxy) is 1. The molecule has 2 atom stereocenters. The molecule has 0 aliphatic carbocycles. The van der Waals surface area contributed by atoms with Crippen LogP contribution in [0.1, 0.15) is 24.8 Å². The van der Waals surface area contributed by atoms with Crippen molar-refractivity contribution >= 4 is 10.9 Å². The topological polar surface area (TPSA) is 34.1 Å². The second-order valence-corrected chi connectivity index (χ2v) is 5.80. The number of piperidine rings is 1. The molecule has 2 heterocycles. The monoisotopic (exact) mass is 310 g/mol. The number of alkyl halides is 3. The van der Waals surface area contributed by atoms with Crippen LogP contribution in [0.3, 0.4) is 0 Å². The number of halogens is 3. The average Bonchev–Trinajstić information content (AvgIpc) is 2.46. The van der Waals surface area contributed by atoms with Gasteiger partial charge in [0.05, 0.1) is 0 Å². The molecule has 1 saturated heterocycles. The van der Waals surface area contributed by atoms with Crippen LogP contribution < -0.4 is 10.1 Å². The Kier molecular flexibility index (Phi) is 3.95. The second-order valence-electron chi connectivity index (χ2n) is 5.80. The summed E-state index contributed by atoms with van der Waals surface area (Å²) in [7, 11) is 0. The zero-order chi connectivity index (χ0) is 15.7. The van der Waals surface area contributed by atoms with Crippen LogP contribution in [-0.4, -0.2) is 24.4 Å². The highest BCUT2D eigenvalue weighted by molar-refractivity contribution is 5.88. The zero-order valence-electron chi connectivity index (χ0n) is 12.2. The first kappa shape index (κ1) is 15.1. The van der Waals surface area contributed by atoms with Crippen molar-refractivity contribution in [3.05, 3.63) is 36.0 Å². The van der Waals surface area contributed by atoms with Gasteiger partial charge in [0.2, 0.25) is 0 Å². The van der Waals surface area contributed by atoms with Gasteiger partial charge in [-0.15, -0.1) is 13.2 Å². The molecule has 3 rings (SSSR count). The molecule has 118 valence electrons. The Labute approximate surface area is 126 Å². The number of pyridine rings is 1. The summed E-state index contributed by atoms with van der Waals surface area (Å²) in [5, 5.41) is 4.10. The van der Waals surface area contributed by atoms with E-state index in [0.717, 1.165) is 30.5 Å². The highest BCUT2D eigenvalue weighted by atomic mass is 19.4. The lowest BCUT2D eigenvalue weighted by molar-refractivity contribution is -0.274. The fraction of sp³-hybridized carbons (Fsp3) is 0.438. The molecule has 6 heteroatoms. The van der Waals surface area contributed by atoms with Gasteiger partial charge in [-0.05, 0) is 42.5 Å². The van der Waals surface area contributed by atoms with Gasteiger partial charge in [-0.3, -0.25) is 4.98 Å². The summed E-state index contributed by atoms with van der Waals surface area (Å²) in [4.78, 5) is 4.09. The number of hydrogen-bond donors (Lipinski definition) is 1. The Morgan fingerprint density at radius 3 is 2.77 bits per heavy atom. The SMILES string of the molecule is CC1CNC[C@@H](c2ccc(OC(F)(F)F)c3ncccc23)C1. The second kappa shape index (κ2) is 5.76. The van der Waals surface area contributed by atoms with Crippen LogP contribution in [0.25, 0.3) is 10.9 Å². The standard InChI is InChI=1S/C16H17F3N2O/c1-10-7-11(9-20-8-10)12-4-5-14(22-16(17,18)19)15-13(12)3-2-6-21-15/h2-6,10-11,20H,7-9H2,1H3/t10?,11-/m0/s1. The lowest BCUT2D eigenvalue weighted by Crippen LogP contribution is -2.33. The first-order valence-corrected chi connectivity index (χ1v) is 7.28. The lowest BCUT2D eigenvalue weighted by Gasteiger charge is -2.29. The van der Waals surface area contributed by atoms with E-state index in [2.05, 4.69) is 22.0 Å². The summed E-state index contributed by atoms with van der Waals surface area (Å²) in [6, 6.07) is 6.65. The highest BCUT2D eigenvalue weighted by Crippen LogP contribution is 2.36. The molecule has 0 spiro atoms. The molecule has 1 aliphatic rings. The van der Waals surface area contributed by atoms with Gasteiger partial charge in [0, 0.05) is 18.1 Å². The minimum absolute atomic E-state index is 0.247. The van der Waals surface area contributed by atoms with E-state index in [0.29, 0.717) is 5.92 Å². The molecule has 2 aromatic rings. The molecule has 3 nitrogen and oxygen atoms in total. The summed E-state index contributed by atoms with van der Waals surface area (Å²) in [5.74, 6) is 0.565. The van der Waals surface area contributed by atoms with Crippen LogP contribution in [0.2, 0.25) is 0 Å². The van der Waals surface area contributed by atoms with Crippen molar-refractivity contribution in [2.24, 2.45) is 5.92 Å². The molecule has 1 aliphatic heterocycles. The van der Waals surface area contributed by atoms with E-state index in [1.54, 1.807) is 18.2 Å². The van der Waals surface area contributed by atoms with Gasteiger partial charge in [-0.25, -0.2) is 0 Å². The normalized spacial score (nSPS) is 22.7. The maximum Gasteiger partial charge on any atom is 0.573 e. The Balaban J connectivity index is 2.04. The Bertz CT molecular complexity index is 672. The van der Waals surface area contributed by atoms with E-state index in [1.165, 1.54) is 12.3 Å². The molecular weight excluding hydrogens is 293 g/mol. The van der Waals surface area contributed by atoms with Crippen molar-refractivity contribution in [3.63, 3.8) is 0 Å². The Morgan fingerprint density at radius 2 is 2.05 bits per heavy atom. The van der Waals surface area contributed by atoms with Gasteiger partial charge in [-0.2, -0.15) is 0 Å². The Morgan fingerprint density at radius 1 is 1.23 bits per heavy atom. The number of nitrogens with one attached hydrogen (secondary N) is 1. The highest BCUT2D eigenvalue weighted by Gasteiger charge is 2.32. The van der Waals surface area contributed by atoms with Crippen molar-refractivity contribution in [3.8, 4) is 5.75 Å². The summed E-state index contributed by atoms with van der Waals surface area (Å²) in [6.45, 7) is 3.97. The molecule has 1 N–H and O–H groups in total. The van der Waals surface area contributed by atoms with Crippen LogP contribution in [0.15, 0.2) is 30.5 Å². The van der Waals surface area contributed by atoms with E-state index in [1.807, 2.05) is 0 Å². The number of fused-ring (bicyclic) bond motifs is 1. The van der Waals surface area contributed by atoms with Crippen molar-refractivity contribution < 1.29 is 17.9 Å². The van der Waals surface area contributed by atoms with Crippen molar-refractivity contribution in [1.29, 1.82) is 0 Å². The predicted molar refractivity (Wildman–Crippen MR) is 77.8 cm³/mol. The fourth-order valence-corrected chi connectivity index (χ4v) is 3.13. The van der Waals surface area contributed by atoms with Gasteiger partial charge in [0.1, 0.15) is 5.52 Å². The summed E-state index contributed by atoms with van der Waals surface area (Å²) in [6.07, 6.45) is -2.22. The van der Waals surface area contributed by atoms with Gasteiger partial charge in [0.15, 0.2) is 5.75 Å². The summed E-state index contributed by atoms with van der Waals surface area (Å²) in [5.41, 5.74) is 1.28. The van der Waals surface area contributed by atoms with E-state index in [9.17, 15) is 13.2 Å². The molecule has 0 saturated carbocycles. The van der Waals surface area contributed by atoms with E-state index < -0.39 is 6.36 Å². The number of rotatable bonds is 2. The number of aromatic nitrogens is 1. The van der Waals surface area contributed by atoms with Gasteiger partial charge < -0.3 is 10.1 Å². The molecule has 1 fully saturated rings. The van der Waals surface area contributed by atoms with Gasteiger partial charge in [0.25, 0.3) is 0 Å². The van der Waals surface area contributed by atoms with Crippen molar-refractivity contribution in [2.75, 3.05) is 13.1 Å². The van der Waals surface area contributed by atoms with E-state index >= 15 is 0 Å². The fourth-order valence-electron chi connectivity index (χ4n) is 3.13.